The second-order valence-electron chi connectivity index (χ2n) is 3.62. The Kier molecular flexibility index (Phi) is 2.67. The highest BCUT2D eigenvalue weighted by Crippen LogP contribution is 2.38. The molecule has 1 aromatic heterocycles. The van der Waals surface area contributed by atoms with Crippen LogP contribution in [-0.4, -0.2) is 27.9 Å². The van der Waals surface area contributed by atoms with Gasteiger partial charge in [0.1, 0.15) is 6.04 Å². The molecule has 1 unspecified atom stereocenters. The van der Waals surface area contributed by atoms with Gasteiger partial charge in [0, 0.05) is 23.7 Å². The van der Waals surface area contributed by atoms with Crippen molar-refractivity contribution in [1.29, 1.82) is 0 Å². The number of aromatic nitrogens is 1. The summed E-state index contributed by atoms with van der Waals surface area (Å²) >= 11 is 1.60. The molecule has 2 rings (SSSR count). The Balaban J connectivity index is 2.20. The smallest absolute Gasteiger partial charge is 0.321 e. The van der Waals surface area contributed by atoms with Crippen molar-refractivity contribution in [3.63, 3.8) is 0 Å². The Morgan fingerprint density at radius 3 is 3.13 bits per heavy atom. The summed E-state index contributed by atoms with van der Waals surface area (Å²) in [6.45, 7) is 1.98. The summed E-state index contributed by atoms with van der Waals surface area (Å²) in [7, 11) is 0. The van der Waals surface area contributed by atoms with E-state index in [9.17, 15) is 4.79 Å². The molecule has 0 aromatic carbocycles. The summed E-state index contributed by atoms with van der Waals surface area (Å²) in [5.41, 5.74) is 1.01. The van der Waals surface area contributed by atoms with E-state index in [1.807, 2.05) is 19.1 Å². The SMILES string of the molecule is CC1(c2cccnc2)N[C@H](C(=O)O)CS1. The lowest BCUT2D eigenvalue weighted by atomic mass is 10.1. The molecule has 1 aliphatic heterocycles. The van der Waals surface area contributed by atoms with Crippen LogP contribution in [0.2, 0.25) is 0 Å². The normalized spacial score (nSPS) is 30.3. The van der Waals surface area contributed by atoms with Crippen molar-refractivity contribution in [2.75, 3.05) is 5.75 Å². The predicted molar refractivity (Wildman–Crippen MR) is 58.6 cm³/mol. The maximum absolute atomic E-state index is 10.8. The number of carboxylic acids is 1. The minimum atomic E-state index is -0.796. The number of aliphatic carboxylic acids is 1. The Bertz CT molecular complexity index is 371. The third-order valence-corrected chi connectivity index (χ3v) is 3.93. The van der Waals surface area contributed by atoms with Gasteiger partial charge in [-0.3, -0.25) is 15.1 Å². The second kappa shape index (κ2) is 3.83. The fourth-order valence-corrected chi connectivity index (χ4v) is 2.85. The molecule has 1 aliphatic rings. The molecule has 0 amide bonds. The lowest BCUT2D eigenvalue weighted by molar-refractivity contribution is -0.138. The molecule has 80 valence electrons. The van der Waals surface area contributed by atoms with Gasteiger partial charge in [0.15, 0.2) is 0 Å². The van der Waals surface area contributed by atoms with E-state index in [1.165, 1.54) is 0 Å². The number of hydrogen-bond acceptors (Lipinski definition) is 4. The van der Waals surface area contributed by atoms with Crippen molar-refractivity contribution in [2.24, 2.45) is 0 Å². The molecule has 4 nitrogen and oxygen atoms in total. The number of pyridine rings is 1. The maximum atomic E-state index is 10.8. The first kappa shape index (κ1) is 10.4. The Morgan fingerprint density at radius 2 is 2.60 bits per heavy atom. The Hall–Kier alpha value is -1.07. The molecule has 0 spiro atoms. The van der Waals surface area contributed by atoms with Crippen LogP contribution in [0.25, 0.3) is 0 Å². The average molecular weight is 224 g/mol. The van der Waals surface area contributed by atoms with Crippen LogP contribution in [0.1, 0.15) is 12.5 Å². The van der Waals surface area contributed by atoms with Crippen molar-refractivity contribution < 1.29 is 9.90 Å². The van der Waals surface area contributed by atoms with Crippen molar-refractivity contribution in [3.8, 4) is 0 Å². The molecule has 15 heavy (non-hydrogen) atoms. The van der Waals surface area contributed by atoms with Crippen LogP contribution in [0.15, 0.2) is 24.5 Å². The van der Waals surface area contributed by atoms with Gasteiger partial charge < -0.3 is 5.11 Å². The molecule has 2 N–H and O–H groups in total. The number of hydrogen-bond donors (Lipinski definition) is 2. The van der Waals surface area contributed by atoms with Crippen LogP contribution in [0.4, 0.5) is 0 Å². The molecular weight excluding hydrogens is 212 g/mol. The molecule has 0 saturated carbocycles. The Labute approximate surface area is 92.1 Å². The van der Waals surface area contributed by atoms with Crippen LogP contribution in [0.5, 0.6) is 0 Å². The van der Waals surface area contributed by atoms with Gasteiger partial charge >= 0.3 is 5.97 Å². The van der Waals surface area contributed by atoms with Crippen LogP contribution in [0.3, 0.4) is 0 Å². The summed E-state index contributed by atoms with van der Waals surface area (Å²) in [5, 5.41) is 12.0. The van der Waals surface area contributed by atoms with E-state index < -0.39 is 12.0 Å². The van der Waals surface area contributed by atoms with Gasteiger partial charge in [-0.15, -0.1) is 11.8 Å². The number of nitrogens with zero attached hydrogens (tertiary/aromatic N) is 1. The minimum Gasteiger partial charge on any atom is -0.480 e. The zero-order valence-electron chi connectivity index (χ0n) is 8.30. The van der Waals surface area contributed by atoms with E-state index in [-0.39, 0.29) is 4.87 Å². The summed E-state index contributed by atoms with van der Waals surface area (Å²) in [4.78, 5) is 14.5. The topological polar surface area (TPSA) is 62.2 Å². The molecule has 2 atom stereocenters. The van der Waals surface area contributed by atoms with Crippen LogP contribution in [0, 0.1) is 0 Å². The predicted octanol–water partition coefficient (Wildman–Crippen LogP) is 1.04. The highest BCUT2D eigenvalue weighted by atomic mass is 32.2. The third kappa shape index (κ3) is 1.98. The number of thioether (sulfide) groups is 1. The maximum Gasteiger partial charge on any atom is 0.321 e. The summed E-state index contributed by atoms with van der Waals surface area (Å²) < 4.78 is 0. The van der Waals surface area contributed by atoms with Gasteiger partial charge in [-0.1, -0.05) is 6.07 Å². The molecule has 1 fully saturated rings. The first-order chi connectivity index (χ1) is 7.12. The summed E-state index contributed by atoms with van der Waals surface area (Å²) in [6, 6.07) is 3.34. The standard InChI is InChI=1S/C10H12N2O2S/c1-10(7-3-2-4-11-5-7)12-8(6-15-10)9(13)14/h2-5,8,12H,6H2,1H3,(H,13,14)/t8-,10?/m0/s1. The number of nitrogens with one attached hydrogen (secondary N) is 1. The van der Waals surface area contributed by atoms with Crippen molar-refractivity contribution in [2.45, 2.75) is 17.8 Å². The van der Waals surface area contributed by atoms with Crippen molar-refractivity contribution in [1.82, 2.24) is 10.3 Å². The molecule has 0 bridgehead atoms. The van der Waals surface area contributed by atoms with Crippen molar-refractivity contribution in [3.05, 3.63) is 30.1 Å². The Morgan fingerprint density at radius 1 is 1.80 bits per heavy atom. The van der Waals surface area contributed by atoms with Crippen LogP contribution >= 0.6 is 11.8 Å². The lowest BCUT2D eigenvalue weighted by Crippen LogP contribution is -2.41. The molecule has 5 heteroatoms. The van der Waals surface area contributed by atoms with Crippen LogP contribution in [-0.2, 0) is 9.67 Å². The van der Waals surface area contributed by atoms with E-state index in [0.29, 0.717) is 5.75 Å². The van der Waals surface area contributed by atoms with Gasteiger partial charge in [0.2, 0.25) is 0 Å². The fourth-order valence-electron chi connectivity index (χ4n) is 1.61. The molecule has 0 aliphatic carbocycles. The first-order valence-corrected chi connectivity index (χ1v) is 5.65. The fraction of sp³-hybridized carbons (Fsp3) is 0.400. The van der Waals surface area contributed by atoms with Gasteiger partial charge in [-0.05, 0) is 13.0 Å². The second-order valence-corrected chi connectivity index (χ2v) is 5.06. The van der Waals surface area contributed by atoms with Crippen LogP contribution < -0.4 is 5.32 Å². The number of carbonyl (C=O) groups is 1. The minimum absolute atomic E-state index is 0.336. The number of rotatable bonds is 2. The average Bonchev–Trinajstić information content (AvgIpc) is 2.64. The largest absolute Gasteiger partial charge is 0.480 e. The van der Waals surface area contributed by atoms with Gasteiger partial charge in [-0.2, -0.15) is 0 Å². The lowest BCUT2D eigenvalue weighted by Gasteiger charge is -2.24. The molecule has 2 heterocycles. The summed E-state index contributed by atoms with van der Waals surface area (Å²) in [6.07, 6.45) is 3.48. The van der Waals surface area contributed by atoms with Gasteiger partial charge in [0.25, 0.3) is 0 Å². The number of carboxylic acid groups (broad SMARTS) is 1. The van der Waals surface area contributed by atoms with E-state index >= 15 is 0 Å². The first-order valence-electron chi connectivity index (χ1n) is 4.67. The van der Waals surface area contributed by atoms with Gasteiger partial charge in [0.05, 0.1) is 4.87 Å². The molecule has 1 saturated heterocycles. The highest BCUT2D eigenvalue weighted by Gasteiger charge is 2.39. The molecule has 1 aromatic rings. The van der Waals surface area contributed by atoms with E-state index in [2.05, 4.69) is 10.3 Å². The zero-order valence-corrected chi connectivity index (χ0v) is 9.12. The third-order valence-electron chi connectivity index (χ3n) is 2.50. The highest BCUT2D eigenvalue weighted by molar-refractivity contribution is 8.00. The van der Waals surface area contributed by atoms with Gasteiger partial charge in [-0.25, -0.2) is 0 Å². The zero-order chi connectivity index (χ0) is 10.9. The van der Waals surface area contributed by atoms with E-state index in [1.54, 1.807) is 24.2 Å². The summed E-state index contributed by atoms with van der Waals surface area (Å²) in [5.74, 6) is -0.212. The molecular formula is C10H12N2O2S. The molecule has 0 radical (unpaired) electrons. The van der Waals surface area contributed by atoms with E-state index in [0.717, 1.165) is 5.56 Å². The monoisotopic (exact) mass is 224 g/mol. The van der Waals surface area contributed by atoms with E-state index in [4.69, 9.17) is 5.11 Å². The quantitative estimate of drug-likeness (QED) is 0.786. The van der Waals surface area contributed by atoms with Crippen molar-refractivity contribution >= 4 is 17.7 Å².